The SMILES string of the molecule is CCO[C@@H](Cc1ccc(OC[C@@H](NC=O)c2ccccc2)cc1)C(=O)O. The van der Waals surface area contributed by atoms with Gasteiger partial charge in [-0.15, -0.1) is 0 Å². The summed E-state index contributed by atoms with van der Waals surface area (Å²) in [6, 6.07) is 16.5. The van der Waals surface area contributed by atoms with Crippen molar-refractivity contribution in [1.29, 1.82) is 0 Å². The lowest BCUT2D eigenvalue weighted by Crippen LogP contribution is -2.26. The van der Waals surface area contributed by atoms with Crippen LogP contribution in [0.5, 0.6) is 5.75 Å². The molecule has 0 unspecified atom stereocenters. The Morgan fingerprint density at radius 3 is 2.42 bits per heavy atom. The summed E-state index contributed by atoms with van der Waals surface area (Å²) >= 11 is 0. The van der Waals surface area contributed by atoms with Crippen molar-refractivity contribution in [3.8, 4) is 5.75 Å². The van der Waals surface area contributed by atoms with Gasteiger partial charge in [-0.2, -0.15) is 0 Å². The van der Waals surface area contributed by atoms with E-state index in [0.29, 0.717) is 31.8 Å². The molecular weight excluding hydrogens is 334 g/mol. The maximum absolute atomic E-state index is 11.1. The van der Waals surface area contributed by atoms with Gasteiger partial charge in [-0.3, -0.25) is 4.79 Å². The van der Waals surface area contributed by atoms with Gasteiger partial charge in [0.2, 0.25) is 6.41 Å². The van der Waals surface area contributed by atoms with Crippen LogP contribution in [0.2, 0.25) is 0 Å². The molecular formula is C20H23NO5. The summed E-state index contributed by atoms with van der Waals surface area (Å²) in [7, 11) is 0. The molecule has 0 aliphatic heterocycles. The Bertz CT molecular complexity index is 687. The first-order valence-electron chi connectivity index (χ1n) is 8.44. The fourth-order valence-corrected chi connectivity index (χ4v) is 2.54. The zero-order valence-electron chi connectivity index (χ0n) is 14.6. The second-order valence-corrected chi connectivity index (χ2v) is 5.69. The number of hydrogen-bond acceptors (Lipinski definition) is 4. The Morgan fingerprint density at radius 2 is 1.85 bits per heavy atom. The summed E-state index contributed by atoms with van der Waals surface area (Å²) < 4.78 is 11.0. The lowest BCUT2D eigenvalue weighted by molar-refractivity contribution is -0.149. The van der Waals surface area contributed by atoms with E-state index in [-0.39, 0.29) is 6.04 Å². The highest BCUT2D eigenvalue weighted by Gasteiger charge is 2.18. The molecule has 1 amide bonds. The van der Waals surface area contributed by atoms with E-state index in [2.05, 4.69) is 5.32 Å². The average molecular weight is 357 g/mol. The van der Waals surface area contributed by atoms with Crippen molar-refractivity contribution in [3.05, 3.63) is 65.7 Å². The molecule has 6 nitrogen and oxygen atoms in total. The van der Waals surface area contributed by atoms with Gasteiger partial charge in [0, 0.05) is 13.0 Å². The first-order chi connectivity index (χ1) is 12.6. The predicted molar refractivity (Wildman–Crippen MR) is 97.1 cm³/mol. The van der Waals surface area contributed by atoms with E-state index in [1.807, 2.05) is 42.5 Å². The molecule has 0 radical (unpaired) electrons. The van der Waals surface area contributed by atoms with Gasteiger partial charge < -0.3 is 19.9 Å². The third-order valence-corrected chi connectivity index (χ3v) is 3.88. The fourth-order valence-electron chi connectivity index (χ4n) is 2.54. The minimum atomic E-state index is -0.974. The van der Waals surface area contributed by atoms with E-state index in [0.717, 1.165) is 11.1 Å². The molecule has 0 fully saturated rings. The number of ether oxygens (including phenoxy) is 2. The molecule has 2 N–H and O–H groups in total. The minimum Gasteiger partial charge on any atom is -0.491 e. The summed E-state index contributed by atoms with van der Waals surface area (Å²) in [6.07, 6.45) is 0.0955. The molecule has 0 bridgehead atoms. The van der Waals surface area contributed by atoms with Gasteiger partial charge in [-0.1, -0.05) is 42.5 Å². The van der Waals surface area contributed by atoms with Gasteiger partial charge in [-0.25, -0.2) is 4.79 Å². The molecule has 2 rings (SSSR count). The van der Waals surface area contributed by atoms with Crippen LogP contribution in [0.25, 0.3) is 0 Å². The van der Waals surface area contributed by atoms with E-state index in [1.54, 1.807) is 19.1 Å². The second-order valence-electron chi connectivity index (χ2n) is 5.69. The standard InChI is InChI=1S/C20H23NO5/c1-2-25-19(20(23)24)12-15-8-10-17(11-9-15)26-13-18(21-14-22)16-6-4-3-5-7-16/h3-11,14,18-19H,2,12-13H2,1H3,(H,21,22)(H,23,24)/t18-,19+/m1/s1. The highest BCUT2D eigenvalue weighted by atomic mass is 16.5. The number of carbonyl (C=O) groups is 2. The van der Waals surface area contributed by atoms with Gasteiger partial charge in [0.15, 0.2) is 6.10 Å². The number of aliphatic carboxylic acids is 1. The number of amides is 1. The molecule has 0 aliphatic rings. The third kappa shape index (κ3) is 5.89. The van der Waals surface area contributed by atoms with Gasteiger partial charge in [0.25, 0.3) is 0 Å². The Hall–Kier alpha value is -2.86. The highest BCUT2D eigenvalue weighted by Crippen LogP contribution is 2.18. The molecule has 0 heterocycles. The van der Waals surface area contributed by atoms with Crippen molar-refractivity contribution < 1.29 is 24.2 Å². The number of nitrogens with one attached hydrogen (secondary N) is 1. The van der Waals surface area contributed by atoms with E-state index in [1.165, 1.54) is 0 Å². The van der Waals surface area contributed by atoms with Crippen LogP contribution in [-0.4, -0.2) is 36.8 Å². The quantitative estimate of drug-likeness (QED) is 0.604. The molecule has 0 saturated carbocycles. The van der Waals surface area contributed by atoms with Crippen molar-refractivity contribution in [1.82, 2.24) is 5.32 Å². The van der Waals surface area contributed by atoms with E-state index >= 15 is 0 Å². The molecule has 2 aromatic rings. The van der Waals surface area contributed by atoms with E-state index in [9.17, 15) is 9.59 Å². The number of benzene rings is 2. The van der Waals surface area contributed by atoms with E-state index < -0.39 is 12.1 Å². The van der Waals surface area contributed by atoms with Crippen molar-refractivity contribution >= 4 is 12.4 Å². The van der Waals surface area contributed by atoms with Gasteiger partial charge in [0.05, 0.1) is 6.04 Å². The van der Waals surface area contributed by atoms with Crippen LogP contribution >= 0.6 is 0 Å². The smallest absolute Gasteiger partial charge is 0.333 e. The molecule has 138 valence electrons. The molecule has 2 atom stereocenters. The molecule has 26 heavy (non-hydrogen) atoms. The van der Waals surface area contributed by atoms with Crippen LogP contribution in [0.3, 0.4) is 0 Å². The fraction of sp³-hybridized carbons (Fsp3) is 0.300. The lowest BCUT2D eigenvalue weighted by Gasteiger charge is -2.18. The first kappa shape index (κ1) is 19.5. The average Bonchev–Trinajstić information content (AvgIpc) is 2.66. The topological polar surface area (TPSA) is 84.9 Å². The zero-order valence-corrected chi connectivity index (χ0v) is 14.6. The maximum Gasteiger partial charge on any atom is 0.333 e. The number of hydrogen-bond donors (Lipinski definition) is 2. The molecule has 0 spiro atoms. The van der Waals surface area contributed by atoms with Crippen LogP contribution in [-0.2, 0) is 20.7 Å². The van der Waals surface area contributed by atoms with Gasteiger partial charge in [-0.05, 0) is 30.2 Å². The molecule has 2 aromatic carbocycles. The molecule has 6 heteroatoms. The lowest BCUT2D eigenvalue weighted by atomic mass is 10.1. The summed E-state index contributed by atoms with van der Waals surface area (Å²) in [5.74, 6) is -0.330. The Balaban J connectivity index is 1.95. The summed E-state index contributed by atoms with van der Waals surface area (Å²) in [4.78, 5) is 22.0. The maximum atomic E-state index is 11.1. The van der Waals surface area contributed by atoms with Crippen molar-refractivity contribution in [2.45, 2.75) is 25.5 Å². The van der Waals surface area contributed by atoms with Crippen molar-refractivity contribution in [2.24, 2.45) is 0 Å². The first-order valence-corrected chi connectivity index (χ1v) is 8.44. The Morgan fingerprint density at radius 1 is 1.15 bits per heavy atom. The number of carbonyl (C=O) groups excluding carboxylic acids is 1. The van der Waals surface area contributed by atoms with Crippen molar-refractivity contribution in [2.75, 3.05) is 13.2 Å². The third-order valence-electron chi connectivity index (χ3n) is 3.88. The summed E-state index contributed by atoms with van der Waals surface area (Å²) in [6.45, 7) is 2.41. The van der Waals surface area contributed by atoms with E-state index in [4.69, 9.17) is 14.6 Å². The van der Waals surface area contributed by atoms with Crippen LogP contribution in [0.4, 0.5) is 0 Å². The van der Waals surface area contributed by atoms with Gasteiger partial charge >= 0.3 is 5.97 Å². The second kappa shape index (κ2) is 10.2. The Kier molecular flexibility index (Phi) is 7.64. The zero-order chi connectivity index (χ0) is 18.8. The Labute approximate surface area is 152 Å². The number of carboxylic acids is 1. The van der Waals surface area contributed by atoms with Crippen molar-refractivity contribution in [3.63, 3.8) is 0 Å². The molecule has 0 aromatic heterocycles. The molecule has 0 aliphatic carbocycles. The largest absolute Gasteiger partial charge is 0.491 e. The van der Waals surface area contributed by atoms with Gasteiger partial charge in [0.1, 0.15) is 12.4 Å². The summed E-state index contributed by atoms with van der Waals surface area (Å²) in [5.41, 5.74) is 1.81. The van der Waals surface area contributed by atoms with Crippen LogP contribution in [0.15, 0.2) is 54.6 Å². The number of rotatable bonds is 11. The molecule has 0 saturated heterocycles. The monoisotopic (exact) mass is 357 g/mol. The summed E-state index contributed by atoms with van der Waals surface area (Å²) in [5, 5.41) is 11.9. The van der Waals surface area contributed by atoms with Crippen LogP contribution < -0.4 is 10.1 Å². The van der Waals surface area contributed by atoms with Crippen LogP contribution in [0, 0.1) is 0 Å². The minimum absolute atomic E-state index is 0.247. The normalized spacial score (nSPS) is 12.8. The predicted octanol–water partition coefficient (Wildman–Crippen LogP) is 2.58. The van der Waals surface area contributed by atoms with Crippen LogP contribution in [0.1, 0.15) is 24.1 Å². The highest BCUT2D eigenvalue weighted by molar-refractivity contribution is 5.72. The number of carboxylic acid groups (broad SMARTS) is 1.